The highest BCUT2D eigenvalue weighted by molar-refractivity contribution is 5.82. The highest BCUT2D eigenvalue weighted by atomic mass is 19.4. The van der Waals surface area contributed by atoms with Crippen LogP contribution in [0.2, 0.25) is 0 Å². The van der Waals surface area contributed by atoms with Gasteiger partial charge in [0.2, 0.25) is 12.3 Å². The minimum atomic E-state index is -4.42. The summed E-state index contributed by atoms with van der Waals surface area (Å²) in [4.78, 5) is 14.4. The number of carbonyl (C=O) groups excluding carboxylic acids is 1. The Bertz CT molecular complexity index is 998. The van der Waals surface area contributed by atoms with Crippen LogP contribution in [0.15, 0.2) is 48.0 Å². The molecule has 0 spiro atoms. The van der Waals surface area contributed by atoms with Gasteiger partial charge in [0.1, 0.15) is 5.82 Å². The van der Waals surface area contributed by atoms with Gasteiger partial charge in [-0.25, -0.2) is 4.98 Å². The van der Waals surface area contributed by atoms with Crippen LogP contribution < -0.4 is 10.6 Å². The van der Waals surface area contributed by atoms with Crippen LogP contribution in [0.1, 0.15) is 12.0 Å². The highest BCUT2D eigenvalue weighted by Gasteiger charge is 2.30. The van der Waals surface area contributed by atoms with Gasteiger partial charge in [0.15, 0.2) is 5.69 Å². The van der Waals surface area contributed by atoms with Crippen molar-refractivity contribution >= 4 is 17.4 Å². The molecular formula is C18H18F3N7O2. The number of nitrogens with zero attached hydrogens (tertiary/aromatic N) is 5. The van der Waals surface area contributed by atoms with E-state index in [9.17, 15) is 18.0 Å². The van der Waals surface area contributed by atoms with Gasteiger partial charge in [0.05, 0.1) is 17.2 Å². The molecule has 1 aliphatic rings. The zero-order valence-corrected chi connectivity index (χ0v) is 15.8. The van der Waals surface area contributed by atoms with Crippen molar-refractivity contribution in [3.63, 3.8) is 0 Å². The van der Waals surface area contributed by atoms with E-state index in [2.05, 4.69) is 37.5 Å². The normalized spacial score (nSPS) is 15.9. The Kier molecular flexibility index (Phi) is 6.14. The van der Waals surface area contributed by atoms with Crippen molar-refractivity contribution in [2.75, 3.05) is 11.9 Å². The quantitative estimate of drug-likeness (QED) is 0.623. The summed E-state index contributed by atoms with van der Waals surface area (Å²) in [5.74, 6) is 0.631. The number of aryl methyl sites for hydroxylation is 1. The molecule has 1 atom stereocenters. The van der Waals surface area contributed by atoms with Crippen molar-refractivity contribution in [3.05, 3.63) is 49.1 Å². The molecule has 1 unspecified atom stereocenters. The van der Waals surface area contributed by atoms with Crippen LogP contribution >= 0.6 is 0 Å². The average Bonchev–Trinajstić information content (AvgIpc) is 3.43. The summed E-state index contributed by atoms with van der Waals surface area (Å²) in [7, 11) is 1.69. The van der Waals surface area contributed by atoms with Gasteiger partial charge in [-0.3, -0.25) is 9.48 Å². The lowest BCUT2D eigenvalue weighted by atomic mass is 10.1. The Morgan fingerprint density at radius 3 is 2.70 bits per heavy atom. The van der Waals surface area contributed by atoms with E-state index in [-0.39, 0.29) is 23.5 Å². The lowest BCUT2D eigenvalue weighted by molar-refractivity contribution is -0.137. The van der Waals surface area contributed by atoms with E-state index in [0.29, 0.717) is 11.4 Å². The summed E-state index contributed by atoms with van der Waals surface area (Å²) in [6.45, 7) is 4.35. The Balaban J connectivity index is 0.000000269. The predicted molar refractivity (Wildman–Crippen MR) is 100 cm³/mol. The molecule has 12 heteroatoms. The lowest BCUT2D eigenvalue weighted by Crippen LogP contribution is -2.17. The number of rotatable bonds is 4. The van der Waals surface area contributed by atoms with Gasteiger partial charge in [-0.1, -0.05) is 6.08 Å². The topological polar surface area (TPSA) is 111 Å². The number of halogens is 3. The second-order valence-corrected chi connectivity index (χ2v) is 6.29. The number of anilines is 2. The molecule has 3 aromatic rings. The molecule has 2 N–H and O–H groups in total. The second-order valence-electron chi connectivity index (χ2n) is 6.29. The van der Waals surface area contributed by atoms with Crippen LogP contribution in [0.3, 0.4) is 0 Å². The molecule has 30 heavy (non-hydrogen) atoms. The van der Waals surface area contributed by atoms with E-state index < -0.39 is 11.7 Å². The smallest absolute Gasteiger partial charge is 0.417 e. The van der Waals surface area contributed by atoms with E-state index in [4.69, 9.17) is 4.42 Å². The Hall–Kier alpha value is -3.70. The molecule has 3 aromatic heterocycles. The summed E-state index contributed by atoms with van der Waals surface area (Å²) in [6.07, 6.45) is 1.73. The first kappa shape index (κ1) is 21.0. The van der Waals surface area contributed by atoms with Crippen molar-refractivity contribution in [2.45, 2.75) is 12.6 Å². The third-order valence-electron chi connectivity index (χ3n) is 4.12. The summed E-state index contributed by atoms with van der Waals surface area (Å²) in [6, 6.07) is 2.17. The minimum absolute atomic E-state index is 0.0787. The van der Waals surface area contributed by atoms with Crippen molar-refractivity contribution in [2.24, 2.45) is 13.0 Å². The van der Waals surface area contributed by atoms with E-state index in [0.717, 1.165) is 31.6 Å². The summed E-state index contributed by atoms with van der Waals surface area (Å²) in [5.41, 5.74) is 0.0436. The minimum Gasteiger partial charge on any atom is -0.422 e. The van der Waals surface area contributed by atoms with Gasteiger partial charge < -0.3 is 15.1 Å². The summed E-state index contributed by atoms with van der Waals surface area (Å²) in [5, 5.41) is 17.0. The average molecular weight is 421 g/mol. The Morgan fingerprint density at radius 2 is 2.20 bits per heavy atom. The summed E-state index contributed by atoms with van der Waals surface area (Å²) >= 11 is 0. The van der Waals surface area contributed by atoms with Gasteiger partial charge in [0, 0.05) is 26.0 Å². The van der Waals surface area contributed by atoms with Crippen LogP contribution in [-0.4, -0.2) is 37.4 Å². The predicted octanol–water partition coefficient (Wildman–Crippen LogP) is 2.94. The van der Waals surface area contributed by atoms with E-state index >= 15 is 0 Å². The molecule has 4 rings (SSSR count). The number of nitrogens with one attached hydrogen (secondary N) is 2. The molecule has 1 amide bonds. The molecule has 1 fully saturated rings. The fourth-order valence-electron chi connectivity index (χ4n) is 2.63. The van der Waals surface area contributed by atoms with E-state index in [1.54, 1.807) is 19.3 Å². The van der Waals surface area contributed by atoms with Crippen LogP contribution in [0.4, 0.5) is 24.7 Å². The monoisotopic (exact) mass is 421 g/mol. The Labute approximate surface area is 169 Å². The standard InChI is InChI=1S/C12H9F3N6O.C6H9NO/c1-21-5-8(10(20-21)11-19-17-6-22-11)18-9-3-2-7(4-16-9)12(13,14)15;1-2-5-3-4-7-6(5)8/h2-6H,1H3,(H,16,18);2,5H,1,3-4H2,(H,7,8). The first-order valence-electron chi connectivity index (χ1n) is 8.78. The number of carbonyl (C=O) groups is 1. The number of amides is 1. The van der Waals surface area contributed by atoms with Crippen LogP contribution in [0.5, 0.6) is 0 Å². The van der Waals surface area contributed by atoms with Gasteiger partial charge in [-0.2, -0.15) is 18.3 Å². The number of hydrogen-bond acceptors (Lipinski definition) is 7. The highest BCUT2D eigenvalue weighted by Crippen LogP contribution is 2.30. The largest absolute Gasteiger partial charge is 0.422 e. The molecule has 9 nitrogen and oxygen atoms in total. The number of aromatic nitrogens is 5. The van der Waals surface area contributed by atoms with Crippen LogP contribution in [0.25, 0.3) is 11.6 Å². The van der Waals surface area contributed by atoms with Crippen molar-refractivity contribution in [1.29, 1.82) is 0 Å². The maximum Gasteiger partial charge on any atom is 0.417 e. The molecule has 0 radical (unpaired) electrons. The first-order chi connectivity index (χ1) is 14.3. The fourth-order valence-corrected chi connectivity index (χ4v) is 2.63. The third kappa shape index (κ3) is 5.01. The number of hydrogen-bond donors (Lipinski definition) is 2. The number of alkyl halides is 3. The fraction of sp³-hybridized carbons (Fsp3) is 0.278. The first-order valence-corrected chi connectivity index (χ1v) is 8.78. The van der Waals surface area contributed by atoms with E-state index in [1.807, 2.05) is 0 Å². The van der Waals surface area contributed by atoms with E-state index in [1.165, 1.54) is 10.7 Å². The Morgan fingerprint density at radius 1 is 1.40 bits per heavy atom. The molecule has 0 bridgehead atoms. The van der Waals surface area contributed by atoms with Crippen molar-refractivity contribution in [1.82, 2.24) is 30.3 Å². The van der Waals surface area contributed by atoms with Gasteiger partial charge >= 0.3 is 6.18 Å². The molecule has 0 aromatic carbocycles. The molecule has 1 saturated heterocycles. The van der Waals surface area contributed by atoms with Crippen LogP contribution in [0, 0.1) is 5.92 Å². The molecule has 158 valence electrons. The second kappa shape index (κ2) is 8.76. The zero-order chi connectivity index (χ0) is 21.7. The molecule has 0 aliphatic carbocycles. The SMILES string of the molecule is C=CC1CCNC1=O.Cn1cc(Nc2ccc(C(F)(F)F)cn2)c(-c2nnco2)n1. The lowest BCUT2D eigenvalue weighted by Gasteiger charge is -2.07. The van der Waals surface area contributed by atoms with Crippen molar-refractivity contribution in [3.8, 4) is 11.6 Å². The molecule has 0 saturated carbocycles. The number of pyridine rings is 1. The maximum atomic E-state index is 12.5. The van der Waals surface area contributed by atoms with Gasteiger partial charge in [-0.15, -0.1) is 16.8 Å². The van der Waals surface area contributed by atoms with Crippen molar-refractivity contribution < 1.29 is 22.4 Å². The molecule has 1 aliphatic heterocycles. The van der Waals surface area contributed by atoms with Gasteiger partial charge in [-0.05, 0) is 18.6 Å². The molecular weight excluding hydrogens is 403 g/mol. The maximum absolute atomic E-state index is 12.5. The third-order valence-corrected chi connectivity index (χ3v) is 4.12. The van der Waals surface area contributed by atoms with Crippen LogP contribution in [-0.2, 0) is 18.0 Å². The summed E-state index contributed by atoms with van der Waals surface area (Å²) < 4.78 is 44.1. The zero-order valence-electron chi connectivity index (χ0n) is 15.8. The molecule has 4 heterocycles. The van der Waals surface area contributed by atoms with Gasteiger partial charge in [0.25, 0.3) is 5.89 Å².